The normalized spacial score (nSPS) is 14.0. The summed E-state index contributed by atoms with van der Waals surface area (Å²) in [5.41, 5.74) is 8.09. The third-order valence-corrected chi connectivity index (χ3v) is 8.48. The number of halogens is 4. The molecule has 0 saturated carbocycles. The number of allylic oxidation sites excluding steroid dienone is 1. The molecule has 1 aliphatic rings. The summed E-state index contributed by atoms with van der Waals surface area (Å²) in [6.07, 6.45) is 2.11. The van der Waals surface area contributed by atoms with Crippen molar-refractivity contribution < 1.29 is 0 Å². The molecule has 1 N–H and O–H groups in total. The topological polar surface area (TPSA) is 40.5 Å². The summed E-state index contributed by atoms with van der Waals surface area (Å²) in [5.74, 6) is 1.42. The zero-order valence-corrected chi connectivity index (χ0v) is 26.6. The highest BCUT2D eigenvalue weighted by Crippen LogP contribution is 2.37. The maximum atomic E-state index is 5.16. The molecule has 0 amide bonds. The van der Waals surface area contributed by atoms with Crippen LogP contribution in [0.15, 0.2) is 137 Å². The van der Waals surface area contributed by atoms with Crippen LogP contribution in [0.1, 0.15) is 11.1 Å². The van der Waals surface area contributed by atoms with Crippen molar-refractivity contribution >= 4 is 86.7 Å². The number of aliphatic imine (C=N–C) groups is 2. The lowest BCUT2D eigenvalue weighted by atomic mass is 10.0. The van der Waals surface area contributed by atoms with Crippen LogP contribution >= 0.6 is 63.7 Å². The van der Waals surface area contributed by atoms with E-state index in [2.05, 4.69) is 129 Å². The highest BCUT2D eigenvalue weighted by atomic mass is 79.9. The van der Waals surface area contributed by atoms with Gasteiger partial charge in [-0.15, -0.1) is 0 Å². The maximum Gasteiger partial charge on any atom is 0.162 e. The Labute approximate surface area is 260 Å². The Kier molecular flexibility index (Phi) is 7.67. The van der Waals surface area contributed by atoms with E-state index < -0.39 is 0 Å². The molecular formula is C32H19Br4N3. The highest BCUT2D eigenvalue weighted by Gasteiger charge is 2.21. The van der Waals surface area contributed by atoms with E-state index in [1.54, 1.807) is 0 Å². The number of benzene rings is 4. The average Bonchev–Trinajstić information content (AvgIpc) is 3.55. The van der Waals surface area contributed by atoms with Crippen molar-refractivity contribution in [2.24, 2.45) is 9.98 Å². The molecule has 0 saturated heterocycles. The monoisotopic (exact) mass is 761 g/mol. The summed E-state index contributed by atoms with van der Waals surface area (Å²) in [6, 6.07) is 35.1. The summed E-state index contributed by atoms with van der Waals surface area (Å²) in [7, 11) is 0. The predicted octanol–water partition coefficient (Wildman–Crippen LogP) is 11.0. The molecular weight excluding hydrogens is 746 g/mol. The van der Waals surface area contributed by atoms with E-state index >= 15 is 0 Å². The number of H-pyrrole nitrogens is 1. The molecule has 39 heavy (non-hydrogen) atoms. The Bertz CT molecular complexity index is 1740. The Morgan fingerprint density at radius 2 is 1.00 bits per heavy atom. The fraction of sp³-hybridized carbons (Fsp3) is 0. The number of amidine groups is 1. The number of rotatable bonds is 5. The lowest BCUT2D eigenvalue weighted by Crippen LogP contribution is -1.96. The van der Waals surface area contributed by atoms with Gasteiger partial charge in [0.15, 0.2) is 5.84 Å². The standard InChI is InChI=1S/C32H19Br4N3/c33-23-9-1-19(2-10-23)27-17-29(21-5-13-25(35)14-6-21)37-31(27)39-32-28(20-3-11-24(34)12-4-20)18-30(38-32)22-7-15-26(36)16-8-22/h1-18,37H/b39-32-. The van der Waals surface area contributed by atoms with Crippen LogP contribution in [0.4, 0.5) is 5.82 Å². The van der Waals surface area contributed by atoms with Crippen molar-refractivity contribution in [1.82, 2.24) is 4.98 Å². The van der Waals surface area contributed by atoms with Crippen LogP contribution in [-0.2, 0) is 0 Å². The Morgan fingerprint density at radius 3 is 1.54 bits per heavy atom. The van der Waals surface area contributed by atoms with E-state index in [1.165, 1.54) is 0 Å². The van der Waals surface area contributed by atoms with Gasteiger partial charge in [0.1, 0.15) is 5.82 Å². The quantitative estimate of drug-likeness (QED) is 0.185. The molecule has 6 rings (SSSR count). The molecule has 190 valence electrons. The van der Waals surface area contributed by atoms with Crippen LogP contribution in [-0.4, -0.2) is 16.5 Å². The summed E-state index contributed by atoms with van der Waals surface area (Å²) >= 11 is 14.2. The number of aromatic amines is 1. The molecule has 0 fully saturated rings. The van der Waals surface area contributed by atoms with Crippen LogP contribution in [0.2, 0.25) is 0 Å². The molecule has 2 heterocycles. The van der Waals surface area contributed by atoms with Gasteiger partial charge in [-0.1, -0.05) is 112 Å². The number of hydrogen-bond donors (Lipinski definition) is 1. The van der Waals surface area contributed by atoms with Gasteiger partial charge in [-0.25, -0.2) is 9.98 Å². The number of nitrogens with one attached hydrogen (secondary N) is 1. The number of hydrogen-bond acceptors (Lipinski definition) is 1. The second-order valence-electron chi connectivity index (χ2n) is 8.96. The predicted molar refractivity (Wildman–Crippen MR) is 177 cm³/mol. The van der Waals surface area contributed by atoms with E-state index in [0.717, 1.165) is 68.5 Å². The van der Waals surface area contributed by atoms with Gasteiger partial charge in [0.2, 0.25) is 0 Å². The molecule has 0 unspecified atom stereocenters. The van der Waals surface area contributed by atoms with Crippen LogP contribution in [0.5, 0.6) is 0 Å². The van der Waals surface area contributed by atoms with E-state index in [1.807, 2.05) is 48.5 Å². The number of aromatic nitrogens is 1. The molecule has 0 aliphatic carbocycles. The molecule has 5 aromatic rings. The fourth-order valence-corrected chi connectivity index (χ4v) is 5.43. The third kappa shape index (κ3) is 5.87. The van der Waals surface area contributed by atoms with E-state index in [-0.39, 0.29) is 0 Å². The average molecular weight is 765 g/mol. The molecule has 0 radical (unpaired) electrons. The summed E-state index contributed by atoms with van der Waals surface area (Å²) < 4.78 is 4.12. The van der Waals surface area contributed by atoms with Crippen molar-refractivity contribution in [2.75, 3.05) is 0 Å². The third-order valence-electron chi connectivity index (χ3n) is 6.37. The van der Waals surface area contributed by atoms with E-state index in [4.69, 9.17) is 9.98 Å². The van der Waals surface area contributed by atoms with Gasteiger partial charge in [0.25, 0.3) is 0 Å². The van der Waals surface area contributed by atoms with Crippen molar-refractivity contribution in [3.8, 4) is 22.4 Å². The molecule has 0 spiro atoms. The van der Waals surface area contributed by atoms with Crippen molar-refractivity contribution in [3.05, 3.63) is 138 Å². The Morgan fingerprint density at radius 1 is 0.538 bits per heavy atom. The zero-order chi connectivity index (χ0) is 26.9. The minimum Gasteiger partial charge on any atom is -0.339 e. The first-order chi connectivity index (χ1) is 18.9. The lowest BCUT2D eigenvalue weighted by Gasteiger charge is -2.05. The van der Waals surface area contributed by atoms with Crippen LogP contribution in [0.3, 0.4) is 0 Å². The first-order valence-electron chi connectivity index (χ1n) is 12.1. The van der Waals surface area contributed by atoms with Gasteiger partial charge in [0, 0.05) is 40.3 Å². The van der Waals surface area contributed by atoms with E-state index in [9.17, 15) is 0 Å². The second-order valence-corrected chi connectivity index (χ2v) is 12.6. The lowest BCUT2D eigenvalue weighted by molar-refractivity contribution is 1.33. The molecule has 7 heteroatoms. The first kappa shape index (κ1) is 26.4. The summed E-state index contributed by atoms with van der Waals surface area (Å²) in [5, 5.41) is 0. The van der Waals surface area contributed by atoms with Crippen molar-refractivity contribution in [3.63, 3.8) is 0 Å². The molecule has 0 bridgehead atoms. The van der Waals surface area contributed by atoms with Gasteiger partial charge < -0.3 is 4.98 Å². The van der Waals surface area contributed by atoms with Gasteiger partial charge in [-0.05, 0) is 77.4 Å². The summed E-state index contributed by atoms with van der Waals surface area (Å²) in [6.45, 7) is 0. The number of nitrogens with zero attached hydrogens (tertiary/aromatic N) is 2. The maximum absolute atomic E-state index is 5.16. The van der Waals surface area contributed by atoms with E-state index in [0.29, 0.717) is 5.84 Å². The molecule has 1 aromatic heterocycles. The Hall–Kier alpha value is -2.84. The minimum atomic E-state index is 0.665. The van der Waals surface area contributed by atoms with Crippen molar-refractivity contribution in [2.45, 2.75) is 0 Å². The smallest absolute Gasteiger partial charge is 0.162 e. The molecule has 0 atom stereocenters. The van der Waals surface area contributed by atoms with Gasteiger partial charge in [0.05, 0.1) is 5.71 Å². The molecule has 1 aliphatic heterocycles. The van der Waals surface area contributed by atoms with Gasteiger partial charge in [-0.2, -0.15) is 0 Å². The second kappa shape index (κ2) is 11.3. The largest absolute Gasteiger partial charge is 0.339 e. The van der Waals surface area contributed by atoms with Crippen molar-refractivity contribution in [1.29, 1.82) is 0 Å². The summed E-state index contributed by atoms with van der Waals surface area (Å²) in [4.78, 5) is 13.8. The van der Waals surface area contributed by atoms with Crippen LogP contribution < -0.4 is 0 Å². The SMILES string of the molecule is Brc1ccc(C2=CC(c3ccc(Br)cc3)=N/C2=N\c2[nH]c(-c3ccc(Br)cc3)cc2-c2ccc(Br)cc2)cc1. The molecule has 3 nitrogen and oxygen atoms in total. The first-order valence-corrected chi connectivity index (χ1v) is 15.3. The molecule has 4 aromatic carbocycles. The van der Waals surface area contributed by atoms with Gasteiger partial charge in [-0.3, -0.25) is 0 Å². The highest BCUT2D eigenvalue weighted by molar-refractivity contribution is 9.11. The Balaban J connectivity index is 1.51. The fourth-order valence-electron chi connectivity index (χ4n) is 4.38. The van der Waals surface area contributed by atoms with Crippen LogP contribution in [0, 0.1) is 0 Å². The minimum absolute atomic E-state index is 0.665. The van der Waals surface area contributed by atoms with Crippen LogP contribution in [0.25, 0.3) is 28.0 Å². The van der Waals surface area contributed by atoms with Gasteiger partial charge >= 0.3 is 0 Å². The zero-order valence-electron chi connectivity index (χ0n) is 20.3.